The van der Waals surface area contributed by atoms with Crippen molar-refractivity contribution in [3.8, 4) is 0 Å². The van der Waals surface area contributed by atoms with Crippen molar-refractivity contribution >= 4 is 19.7 Å². The van der Waals surface area contributed by atoms with Crippen LogP contribution in [0.2, 0.25) is 0 Å². The SMILES string of the molecule is CC/C=C\C/C=C\C/C=C\C/C=C\C/C=C\CCCCCCCCCCCC(=O)OC(/C=C/CCCCCCCCCCCCC)C(COP(=O)([O-])OCC[N+](C)(C)C)NC(=O)CCCCCCCCCCCC/C=C\C/C=C\C/C=C\CCCCC. The van der Waals surface area contributed by atoms with E-state index >= 15 is 0 Å². The number of phosphoric acid groups is 1. The van der Waals surface area contributed by atoms with E-state index in [4.69, 9.17) is 13.8 Å². The van der Waals surface area contributed by atoms with Gasteiger partial charge in [0.05, 0.1) is 33.8 Å². The average Bonchev–Trinajstić information content (AvgIpc) is 3.70. The molecule has 0 aliphatic heterocycles. The number of phosphoric ester groups is 1. The monoisotopic (exact) mass is 1230 g/mol. The number of ether oxygens (including phenoxy) is 1. The fourth-order valence-corrected chi connectivity index (χ4v) is 10.9. The van der Waals surface area contributed by atoms with Gasteiger partial charge in [-0.2, -0.15) is 0 Å². The first-order valence-electron chi connectivity index (χ1n) is 36.2. The summed E-state index contributed by atoms with van der Waals surface area (Å²) in [4.78, 5) is 40.3. The van der Waals surface area contributed by atoms with E-state index in [1.54, 1.807) is 0 Å². The van der Waals surface area contributed by atoms with Crippen molar-refractivity contribution in [2.45, 2.75) is 328 Å². The maximum absolute atomic E-state index is 13.6. The van der Waals surface area contributed by atoms with E-state index in [1.165, 1.54) is 154 Å². The fraction of sp³-hybridized carbons (Fsp3) is 0.740. The molecule has 0 spiro atoms. The summed E-state index contributed by atoms with van der Waals surface area (Å²) in [6.45, 7) is 6.72. The summed E-state index contributed by atoms with van der Waals surface area (Å²) in [5, 5.41) is 3.04. The lowest BCUT2D eigenvalue weighted by Crippen LogP contribution is -2.47. The zero-order valence-electron chi connectivity index (χ0n) is 57.4. The third kappa shape index (κ3) is 66.9. The second-order valence-corrected chi connectivity index (χ2v) is 26.8. The van der Waals surface area contributed by atoms with Crippen LogP contribution in [0, 0.1) is 0 Å². The molecule has 0 aromatic carbocycles. The Morgan fingerprint density at radius 2 is 0.736 bits per heavy atom. The number of nitrogens with one attached hydrogen (secondary N) is 1. The second-order valence-electron chi connectivity index (χ2n) is 25.4. The quantitative estimate of drug-likeness (QED) is 0.0212. The first-order valence-corrected chi connectivity index (χ1v) is 37.7. The van der Waals surface area contributed by atoms with Gasteiger partial charge in [-0.1, -0.05) is 297 Å². The van der Waals surface area contributed by atoms with Gasteiger partial charge in [0, 0.05) is 12.8 Å². The molecule has 9 nitrogen and oxygen atoms in total. The lowest BCUT2D eigenvalue weighted by Gasteiger charge is -2.30. The van der Waals surface area contributed by atoms with Gasteiger partial charge in [-0.25, -0.2) is 0 Å². The van der Waals surface area contributed by atoms with Crippen LogP contribution in [-0.4, -0.2) is 69.4 Å². The molecule has 0 aliphatic carbocycles. The molecule has 0 heterocycles. The molecule has 10 heteroatoms. The zero-order chi connectivity index (χ0) is 63.5. The molecule has 0 aromatic heterocycles. The van der Waals surface area contributed by atoms with E-state index < -0.39 is 26.6 Å². The number of allylic oxidation sites excluding steroid dienone is 17. The molecule has 3 unspecified atom stereocenters. The highest BCUT2D eigenvalue weighted by Crippen LogP contribution is 2.38. The normalized spacial score (nSPS) is 14.1. The zero-order valence-corrected chi connectivity index (χ0v) is 58.3. The maximum atomic E-state index is 13.6. The molecule has 1 amide bonds. The van der Waals surface area contributed by atoms with E-state index in [0.717, 1.165) is 128 Å². The average molecular weight is 1230 g/mol. The van der Waals surface area contributed by atoms with Gasteiger partial charge in [0.15, 0.2) is 0 Å². The smallest absolute Gasteiger partial charge is 0.306 e. The summed E-state index contributed by atoms with van der Waals surface area (Å²) in [6, 6.07) is -0.901. The Bertz CT molecular complexity index is 1860. The van der Waals surface area contributed by atoms with Crippen molar-refractivity contribution in [1.82, 2.24) is 5.32 Å². The van der Waals surface area contributed by atoms with Crippen LogP contribution >= 0.6 is 7.82 Å². The molecule has 0 bridgehead atoms. The molecule has 3 atom stereocenters. The number of unbranched alkanes of at least 4 members (excludes halogenated alkanes) is 33. The number of hydrogen-bond acceptors (Lipinski definition) is 7. The van der Waals surface area contributed by atoms with Crippen molar-refractivity contribution in [1.29, 1.82) is 0 Å². The number of quaternary nitrogens is 1. The summed E-state index contributed by atoms with van der Waals surface area (Å²) in [6.07, 6.45) is 90.6. The molecular formula is C77H137N2O7P. The Morgan fingerprint density at radius 1 is 0.414 bits per heavy atom. The first kappa shape index (κ1) is 83.7. The van der Waals surface area contributed by atoms with Crippen molar-refractivity contribution in [2.24, 2.45) is 0 Å². The molecular weight excluding hydrogens is 1100 g/mol. The summed E-state index contributed by atoms with van der Waals surface area (Å²) in [5.74, 6) is -0.550. The highest BCUT2D eigenvalue weighted by molar-refractivity contribution is 7.45. The van der Waals surface area contributed by atoms with Crippen LogP contribution in [0.1, 0.15) is 316 Å². The number of amides is 1. The van der Waals surface area contributed by atoms with Gasteiger partial charge in [0.2, 0.25) is 5.91 Å². The predicted octanol–water partition coefficient (Wildman–Crippen LogP) is 22.6. The Hall–Kier alpha value is -3.33. The van der Waals surface area contributed by atoms with Crippen molar-refractivity contribution < 1.29 is 37.3 Å². The Morgan fingerprint density at radius 3 is 1.13 bits per heavy atom. The molecule has 0 saturated heterocycles. The van der Waals surface area contributed by atoms with Gasteiger partial charge in [-0.05, 0) is 115 Å². The Balaban J connectivity index is 5.12. The number of carbonyl (C=O) groups excluding carboxylic acids is 2. The fourth-order valence-electron chi connectivity index (χ4n) is 10.1. The largest absolute Gasteiger partial charge is 0.756 e. The van der Waals surface area contributed by atoms with Crippen LogP contribution in [0.15, 0.2) is 109 Å². The van der Waals surface area contributed by atoms with Crippen molar-refractivity contribution in [3.05, 3.63) is 109 Å². The van der Waals surface area contributed by atoms with Crippen LogP contribution in [0.25, 0.3) is 0 Å². The van der Waals surface area contributed by atoms with Crippen LogP contribution < -0.4 is 10.2 Å². The van der Waals surface area contributed by atoms with E-state index in [-0.39, 0.29) is 24.9 Å². The standard InChI is InChI=1S/C77H137N2O7P/c1-7-10-13-16-19-22-25-28-30-32-34-36-38-39-41-43-45-47-49-52-55-58-61-64-67-70-77(81)86-75(68-65-62-59-56-53-50-27-24-21-18-15-12-9-3)74(73-85-87(82,83)84-72-71-79(4,5)6)78-76(80)69-66-63-60-57-54-51-48-46-44-42-40-37-35-33-31-29-26-23-20-17-14-11-8-2/h10,13,19-20,22-23,28-31,34-37,39,41,65,68,74-75H,7-9,11-12,14-18,21,24-27,32-33,38,40,42-64,66-67,69-73H2,1-6H3,(H-,78,80,82,83)/b13-10-,22-19-,23-20-,30-28-,31-29-,36-34-,37-35-,41-39-,68-65+. The number of nitrogens with zero attached hydrogens (tertiary/aromatic N) is 1. The van der Waals surface area contributed by atoms with Crippen LogP contribution in [0.5, 0.6) is 0 Å². The molecule has 87 heavy (non-hydrogen) atoms. The van der Waals surface area contributed by atoms with Gasteiger partial charge in [-0.3, -0.25) is 14.2 Å². The predicted molar refractivity (Wildman–Crippen MR) is 376 cm³/mol. The Labute approximate surface area is 538 Å². The molecule has 0 aromatic rings. The summed E-state index contributed by atoms with van der Waals surface area (Å²) in [7, 11) is 1.17. The van der Waals surface area contributed by atoms with Gasteiger partial charge in [-0.15, -0.1) is 0 Å². The molecule has 0 radical (unpaired) electrons. The summed E-state index contributed by atoms with van der Waals surface area (Å²) in [5.41, 5.74) is 0. The van der Waals surface area contributed by atoms with Crippen molar-refractivity contribution in [2.75, 3.05) is 40.9 Å². The summed E-state index contributed by atoms with van der Waals surface area (Å²) >= 11 is 0. The minimum atomic E-state index is -4.72. The van der Waals surface area contributed by atoms with Gasteiger partial charge < -0.3 is 28.5 Å². The summed E-state index contributed by atoms with van der Waals surface area (Å²) < 4.78 is 30.5. The number of likely N-dealkylation sites (N-methyl/N-ethyl adjacent to an activating group) is 1. The maximum Gasteiger partial charge on any atom is 0.306 e. The van der Waals surface area contributed by atoms with E-state index in [2.05, 4.69) is 123 Å². The number of esters is 1. The van der Waals surface area contributed by atoms with Crippen LogP contribution in [0.4, 0.5) is 0 Å². The molecule has 0 saturated carbocycles. The minimum Gasteiger partial charge on any atom is -0.756 e. The number of rotatable bonds is 65. The van der Waals surface area contributed by atoms with Gasteiger partial charge in [0.25, 0.3) is 7.82 Å². The highest BCUT2D eigenvalue weighted by Gasteiger charge is 2.27. The van der Waals surface area contributed by atoms with Crippen molar-refractivity contribution in [3.63, 3.8) is 0 Å². The van der Waals surface area contributed by atoms with E-state index in [0.29, 0.717) is 17.4 Å². The molecule has 0 fully saturated rings. The number of hydrogen-bond donors (Lipinski definition) is 1. The van der Waals surface area contributed by atoms with E-state index in [1.807, 2.05) is 33.3 Å². The molecule has 0 rings (SSSR count). The van der Waals surface area contributed by atoms with Gasteiger partial charge in [0.1, 0.15) is 19.3 Å². The van der Waals surface area contributed by atoms with Crippen LogP contribution in [0.3, 0.4) is 0 Å². The Kier molecular flexibility index (Phi) is 63.1. The third-order valence-electron chi connectivity index (χ3n) is 15.7. The highest BCUT2D eigenvalue weighted by atomic mass is 31.2. The number of carbonyl (C=O) groups is 2. The second kappa shape index (κ2) is 65.6. The van der Waals surface area contributed by atoms with E-state index in [9.17, 15) is 19.0 Å². The molecule has 0 aliphatic rings. The third-order valence-corrected chi connectivity index (χ3v) is 16.7. The lowest BCUT2D eigenvalue weighted by molar-refractivity contribution is -0.870. The molecule has 1 N–H and O–H groups in total. The van der Waals surface area contributed by atoms with Crippen LogP contribution in [-0.2, 0) is 27.9 Å². The van der Waals surface area contributed by atoms with Gasteiger partial charge >= 0.3 is 5.97 Å². The topological polar surface area (TPSA) is 114 Å². The first-order chi connectivity index (χ1) is 42.4. The molecule has 502 valence electrons. The lowest BCUT2D eigenvalue weighted by atomic mass is 10.0. The minimum absolute atomic E-state index is 0.0284.